The lowest BCUT2D eigenvalue weighted by Gasteiger charge is -2.45. The Balaban J connectivity index is 1.35. The van der Waals surface area contributed by atoms with Crippen molar-refractivity contribution in [3.05, 3.63) is 102 Å². The first-order valence-electron chi connectivity index (χ1n) is 18.8. The van der Waals surface area contributed by atoms with Gasteiger partial charge in [-0.1, -0.05) is 65.8 Å². The summed E-state index contributed by atoms with van der Waals surface area (Å²) in [6.07, 6.45) is 1.73. The monoisotopic (exact) mass is 690 g/mol. The van der Waals surface area contributed by atoms with Crippen LogP contribution in [0.5, 0.6) is 23.0 Å². The molecule has 0 unspecified atom stereocenters. The molecule has 6 nitrogen and oxygen atoms in total. The van der Waals surface area contributed by atoms with E-state index in [0.29, 0.717) is 26.4 Å². The van der Waals surface area contributed by atoms with E-state index in [9.17, 15) is 0 Å². The van der Waals surface area contributed by atoms with Gasteiger partial charge in [-0.3, -0.25) is 0 Å². The van der Waals surface area contributed by atoms with Gasteiger partial charge in [0.05, 0.1) is 37.8 Å². The van der Waals surface area contributed by atoms with Crippen molar-refractivity contribution in [1.82, 2.24) is 0 Å². The molecule has 5 aromatic carbocycles. The zero-order chi connectivity index (χ0) is 35.9. The number of hydrogen-bond acceptors (Lipinski definition) is 6. The van der Waals surface area contributed by atoms with Crippen molar-refractivity contribution in [3.63, 3.8) is 0 Å². The van der Waals surface area contributed by atoms with Crippen molar-refractivity contribution in [2.24, 2.45) is 0 Å². The first kappa shape index (κ1) is 32.8. The summed E-state index contributed by atoms with van der Waals surface area (Å²) >= 11 is 0. The molecule has 0 saturated carbocycles. The molecular weight excluding hydrogens is 643 g/mol. The normalized spacial score (nSPS) is 16.0. The van der Waals surface area contributed by atoms with Gasteiger partial charge in [-0.15, -0.1) is 0 Å². The molecule has 0 bridgehead atoms. The highest BCUT2D eigenvalue weighted by atomic mass is 16.5. The molecule has 4 aliphatic rings. The fourth-order valence-electron chi connectivity index (χ4n) is 8.21. The largest absolute Gasteiger partial charge is 0.490 e. The Morgan fingerprint density at radius 2 is 0.904 bits per heavy atom. The Hall–Kier alpha value is -5.04. The second-order valence-electron chi connectivity index (χ2n) is 16.7. The molecule has 0 spiro atoms. The van der Waals surface area contributed by atoms with Crippen LogP contribution in [0.2, 0.25) is 0 Å². The summed E-state index contributed by atoms with van der Waals surface area (Å²) in [5.41, 5.74) is 14.5. The van der Waals surface area contributed by atoms with Gasteiger partial charge >= 0.3 is 0 Å². The fraction of sp³-hybridized carbons (Fsp3) is 0.333. The third-order valence-electron chi connectivity index (χ3n) is 10.9. The van der Waals surface area contributed by atoms with Gasteiger partial charge in [0.2, 0.25) is 0 Å². The van der Waals surface area contributed by atoms with Crippen LogP contribution in [0.4, 0.5) is 34.1 Å². The Labute approximate surface area is 308 Å². The van der Waals surface area contributed by atoms with Crippen LogP contribution >= 0.6 is 0 Å². The average molecular weight is 691 g/mol. The Morgan fingerprint density at radius 3 is 1.33 bits per heavy atom. The summed E-state index contributed by atoms with van der Waals surface area (Å²) in [6, 6.07) is 31.8. The summed E-state index contributed by atoms with van der Waals surface area (Å²) in [5.74, 6) is 3.19. The van der Waals surface area contributed by atoms with Gasteiger partial charge in [0.15, 0.2) is 23.0 Å². The first-order valence-corrected chi connectivity index (χ1v) is 18.8. The predicted octanol–water partition coefficient (Wildman–Crippen LogP) is 9.00. The Morgan fingerprint density at radius 1 is 0.481 bits per heavy atom. The first-order chi connectivity index (χ1) is 25.0. The van der Waals surface area contributed by atoms with Crippen molar-refractivity contribution in [1.29, 1.82) is 0 Å². The molecule has 0 radical (unpaired) electrons. The van der Waals surface area contributed by atoms with E-state index in [-0.39, 0.29) is 17.5 Å². The van der Waals surface area contributed by atoms with Gasteiger partial charge in [0.1, 0.15) is 0 Å². The van der Waals surface area contributed by atoms with Crippen LogP contribution < -0.4 is 45.1 Å². The highest BCUT2D eigenvalue weighted by Crippen LogP contribution is 2.48. The number of hydrogen-bond donors (Lipinski definition) is 0. The number of ether oxygens (including phenoxy) is 4. The Bertz CT molecular complexity index is 2080. The molecule has 0 fully saturated rings. The number of rotatable bonds is 2. The van der Waals surface area contributed by atoms with Gasteiger partial charge in [-0.05, 0) is 99.4 Å². The molecule has 0 atom stereocenters. The highest BCUT2D eigenvalue weighted by molar-refractivity contribution is 7.00. The molecule has 0 saturated heterocycles. The van der Waals surface area contributed by atoms with Gasteiger partial charge < -0.3 is 28.7 Å². The quantitative estimate of drug-likeness (QED) is 0.169. The van der Waals surface area contributed by atoms with Crippen LogP contribution in [-0.2, 0) is 10.8 Å². The number of fused-ring (bicyclic) bond motifs is 6. The van der Waals surface area contributed by atoms with E-state index >= 15 is 0 Å². The fourth-order valence-corrected chi connectivity index (χ4v) is 8.21. The minimum absolute atomic E-state index is 0.0216. The number of anilines is 6. The van der Waals surface area contributed by atoms with E-state index in [1.54, 1.807) is 0 Å². The van der Waals surface area contributed by atoms with Crippen molar-refractivity contribution in [3.8, 4) is 23.0 Å². The summed E-state index contributed by atoms with van der Waals surface area (Å²) in [4.78, 5) is 4.90. The topological polar surface area (TPSA) is 43.4 Å². The predicted molar refractivity (Wildman–Crippen MR) is 214 cm³/mol. The van der Waals surface area contributed by atoms with Crippen molar-refractivity contribution < 1.29 is 18.9 Å². The van der Waals surface area contributed by atoms with Crippen LogP contribution in [0.15, 0.2) is 84.9 Å². The molecule has 0 N–H and O–H groups in total. The van der Waals surface area contributed by atoms with E-state index in [0.717, 1.165) is 47.2 Å². The third-order valence-corrected chi connectivity index (χ3v) is 10.9. The maximum atomic E-state index is 6.26. The SMILES string of the molecule is Cc1cc2c3c(c1)N(c1ccc4c(c1)OCCCO4)c1ccc(C(C)(C)C)cc1B3c1cc(C(C)(C)C)ccc1N2c1ccc2c(c1)OCCCO2. The number of nitrogens with zero attached hydrogens (tertiary/aromatic N) is 2. The van der Waals surface area contributed by atoms with E-state index in [2.05, 4.69) is 143 Å². The summed E-state index contributed by atoms with van der Waals surface area (Å²) in [7, 11) is 0. The number of benzene rings is 5. The van der Waals surface area contributed by atoms with Crippen LogP contribution in [0.3, 0.4) is 0 Å². The summed E-state index contributed by atoms with van der Waals surface area (Å²) in [5, 5.41) is 0. The highest BCUT2D eigenvalue weighted by Gasteiger charge is 2.44. The summed E-state index contributed by atoms with van der Waals surface area (Å²) < 4.78 is 24.7. The van der Waals surface area contributed by atoms with Gasteiger partial charge in [-0.2, -0.15) is 0 Å². The van der Waals surface area contributed by atoms with Crippen LogP contribution in [0.25, 0.3) is 0 Å². The molecule has 0 aliphatic carbocycles. The Kier molecular flexibility index (Phi) is 7.59. The summed E-state index contributed by atoms with van der Waals surface area (Å²) in [6.45, 7) is 18.7. The van der Waals surface area contributed by atoms with Crippen LogP contribution in [0, 0.1) is 6.92 Å². The molecule has 4 aliphatic heterocycles. The van der Waals surface area contributed by atoms with Gasteiger partial charge in [0.25, 0.3) is 6.71 Å². The van der Waals surface area contributed by atoms with Crippen molar-refractivity contribution in [2.75, 3.05) is 36.2 Å². The third kappa shape index (κ3) is 5.39. The molecular formula is C45H47BN2O4. The molecule has 264 valence electrons. The van der Waals surface area contributed by atoms with E-state index in [4.69, 9.17) is 18.9 Å². The molecule has 7 heteroatoms. The number of aryl methyl sites for hydroxylation is 1. The average Bonchev–Trinajstić information content (AvgIpc) is 3.50. The molecule has 5 aromatic rings. The molecule has 0 aromatic heterocycles. The van der Waals surface area contributed by atoms with Gasteiger partial charge in [-0.25, -0.2) is 0 Å². The lowest BCUT2D eigenvalue weighted by atomic mass is 9.33. The van der Waals surface area contributed by atoms with Crippen LogP contribution in [0.1, 0.15) is 71.1 Å². The van der Waals surface area contributed by atoms with Crippen molar-refractivity contribution in [2.45, 2.75) is 72.1 Å². The lowest BCUT2D eigenvalue weighted by Crippen LogP contribution is -2.61. The zero-order valence-electron chi connectivity index (χ0n) is 31.4. The maximum Gasteiger partial charge on any atom is 0.252 e. The lowest BCUT2D eigenvalue weighted by molar-refractivity contribution is 0.296. The minimum Gasteiger partial charge on any atom is -0.490 e. The second kappa shape index (κ2) is 12.0. The molecule has 52 heavy (non-hydrogen) atoms. The smallest absolute Gasteiger partial charge is 0.252 e. The van der Waals surface area contributed by atoms with Crippen LogP contribution in [-0.4, -0.2) is 33.1 Å². The second-order valence-corrected chi connectivity index (χ2v) is 16.7. The van der Waals surface area contributed by atoms with Gasteiger partial charge in [0, 0.05) is 47.7 Å². The van der Waals surface area contributed by atoms with E-state index in [1.165, 1.54) is 55.8 Å². The minimum atomic E-state index is -0.0216. The van der Waals surface area contributed by atoms with Crippen molar-refractivity contribution >= 4 is 57.2 Å². The van der Waals surface area contributed by atoms with E-state index in [1.807, 2.05) is 0 Å². The standard InChI is InChI=1S/C45H47BN2O4/c1-28-22-37-43-38(23-28)48(32-13-17-40-42(27-32)52-21-9-19-50-40)36-15-11-30(45(5,6)7)25-34(36)46(43)33-24-29(44(2,3)4)10-14-35(33)47(37)31-12-16-39-41(26-31)51-20-8-18-49-39/h10-17,22-27H,8-9,18-21H2,1-7H3. The zero-order valence-corrected chi connectivity index (χ0v) is 31.4. The molecule has 9 rings (SSSR count). The van der Waals surface area contributed by atoms with E-state index < -0.39 is 0 Å². The molecule has 4 heterocycles. The molecule has 0 amide bonds. The maximum absolute atomic E-state index is 6.26.